The molecular weight excluding hydrogens is 238 g/mol. The molecule has 0 amide bonds. The van der Waals surface area contributed by atoms with Crippen LogP contribution in [-0.4, -0.2) is 37.8 Å². The van der Waals surface area contributed by atoms with Crippen LogP contribution in [0.5, 0.6) is 0 Å². The molecule has 1 spiro atoms. The van der Waals surface area contributed by atoms with Crippen molar-refractivity contribution in [3.8, 4) is 12.3 Å². The second kappa shape index (κ2) is 6.29. The Labute approximate surface area is 116 Å². The average Bonchev–Trinajstić information content (AvgIpc) is 2.32. The maximum atomic E-state index is 5.86. The third-order valence-electron chi connectivity index (χ3n) is 4.42. The molecule has 2 unspecified atom stereocenters. The Bertz CT molecular complexity index is 368. The lowest BCUT2D eigenvalue weighted by atomic mass is 9.51. The normalized spacial score (nSPS) is 28.2. The van der Waals surface area contributed by atoms with E-state index < -0.39 is 0 Å². The first kappa shape index (κ1) is 14.2. The molecule has 0 aromatic rings. The molecule has 0 aromatic heterocycles. The number of nitrogens with one attached hydrogen (secondary N) is 2. The first-order valence-electron chi connectivity index (χ1n) is 7.36. The van der Waals surface area contributed by atoms with Gasteiger partial charge in [-0.2, -0.15) is 0 Å². The van der Waals surface area contributed by atoms with Crippen molar-refractivity contribution >= 4 is 5.96 Å². The number of guanidine groups is 1. The van der Waals surface area contributed by atoms with Gasteiger partial charge in [0.05, 0.1) is 6.10 Å². The molecule has 0 aromatic carbocycles. The lowest BCUT2D eigenvalue weighted by molar-refractivity contribution is -0.168. The summed E-state index contributed by atoms with van der Waals surface area (Å²) in [5.41, 5.74) is 0.350. The number of nitrogens with zero attached hydrogens (tertiary/aromatic N) is 1. The van der Waals surface area contributed by atoms with Crippen LogP contribution in [0.2, 0.25) is 0 Å². The van der Waals surface area contributed by atoms with Crippen molar-refractivity contribution in [2.24, 2.45) is 10.4 Å². The minimum atomic E-state index is 0.350. The van der Waals surface area contributed by atoms with Crippen molar-refractivity contribution in [2.45, 2.75) is 51.7 Å². The molecule has 2 N–H and O–H groups in total. The predicted molar refractivity (Wildman–Crippen MR) is 78.1 cm³/mol. The molecule has 19 heavy (non-hydrogen) atoms. The van der Waals surface area contributed by atoms with Gasteiger partial charge in [-0.15, -0.1) is 6.42 Å². The van der Waals surface area contributed by atoms with Gasteiger partial charge in [0.15, 0.2) is 5.96 Å². The minimum Gasteiger partial charge on any atom is -0.378 e. The van der Waals surface area contributed by atoms with E-state index in [0.29, 0.717) is 24.1 Å². The minimum absolute atomic E-state index is 0.350. The number of aliphatic imine (C=N–C) groups is 1. The van der Waals surface area contributed by atoms with E-state index in [1.165, 1.54) is 19.3 Å². The highest BCUT2D eigenvalue weighted by molar-refractivity contribution is 5.80. The monoisotopic (exact) mass is 263 g/mol. The van der Waals surface area contributed by atoms with E-state index in [1.807, 2.05) is 0 Å². The SMILES string of the molecule is C#CCN=C(NCC)NC1CC(OCC)C12CCC2. The van der Waals surface area contributed by atoms with Crippen LogP contribution in [0, 0.1) is 17.8 Å². The largest absolute Gasteiger partial charge is 0.378 e. The van der Waals surface area contributed by atoms with Gasteiger partial charge in [-0.1, -0.05) is 12.3 Å². The molecule has 0 radical (unpaired) electrons. The number of rotatable bonds is 5. The van der Waals surface area contributed by atoms with Gasteiger partial charge in [0, 0.05) is 24.6 Å². The Morgan fingerprint density at radius 3 is 2.79 bits per heavy atom. The van der Waals surface area contributed by atoms with Crippen LogP contribution >= 0.6 is 0 Å². The summed E-state index contributed by atoms with van der Waals surface area (Å²) in [6.45, 7) is 6.22. The van der Waals surface area contributed by atoms with Crippen LogP contribution in [0.15, 0.2) is 4.99 Å². The highest BCUT2D eigenvalue weighted by Gasteiger charge is 2.59. The number of terminal acetylenes is 1. The fourth-order valence-electron chi connectivity index (χ4n) is 3.25. The first-order valence-corrected chi connectivity index (χ1v) is 7.36. The summed E-state index contributed by atoms with van der Waals surface area (Å²) in [5.74, 6) is 3.39. The Kier molecular flexibility index (Phi) is 4.71. The third-order valence-corrected chi connectivity index (χ3v) is 4.42. The lowest BCUT2D eigenvalue weighted by Gasteiger charge is -2.61. The van der Waals surface area contributed by atoms with Gasteiger partial charge in [-0.3, -0.25) is 0 Å². The van der Waals surface area contributed by atoms with Gasteiger partial charge in [0.1, 0.15) is 6.54 Å². The molecule has 0 heterocycles. The molecule has 2 atom stereocenters. The quantitative estimate of drug-likeness (QED) is 0.449. The van der Waals surface area contributed by atoms with Crippen molar-refractivity contribution in [2.75, 3.05) is 19.7 Å². The Morgan fingerprint density at radius 1 is 1.47 bits per heavy atom. The predicted octanol–water partition coefficient (Wildman–Crippen LogP) is 1.52. The van der Waals surface area contributed by atoms with E-state index in [4.69, 9.17) is 11.2 Å². The molecule has 2 saturated carbocycles. The molecule has 2 fully saturated rings. The summed E-state index contributed by atoms with van der Waals surface area (Å²) < 4.78 is 5.86. The second-order valence-electron chi connectivity index (χ2n) is 5.36. The highest BCUT2D eigenvalue weighted by Crippen LogP contribution is 2.57. The maximum absolute atomic E-state index is 5.86. The summed E-state index contributed by atoms with van der Waals surface area (Å²) >= 11 is 0. The van der Waals surface area contributed by atoms with E-state index in [0.717, 1.165) is 25.5 Å². The van der Waals surface area contributed by atoms with Crippen LogP contribution < -0.4 is 10.6 Å². The average molecular weight is 263 g/mol. The zero-order valence-electron chi connectivity index (χ0n) is 12.0. The van der Waals surface area contributed by atoms with Crippen molar-refractivity contribution in [1.29, 1.82) is 0 Å². The van der Waals surface area contributed by atoms with Crippen molar-refractivity contribution < 1.29 is 4.74 Å². The van der Waals surface area contributed by atoms with Crippen molar-refractivity contribution in [3.63, 3.8) is 0 Å². The van der Waals surface area contributed by atoms with E-state index in [2.05, 4.69) is 35.4 Å². The number of hydrogen-bond donors (Lipinski definition) is 2. The van der Waals surface area contributed by atoms with E-state index in [1.54, 1.807) is 0 Å². The van der Waals surface area contributed by atoms with E-state index in [-0.39, 0.29) is 0 Å². The molecule has 0 aliphatic heterocycles. The van der Waals surface area contributed by atoms with E-state index in [9.17, 15) is 0 Å². The van der Waals surface area contributed by atoms with E-state index >= 15 is 0 Å². The molecule has 0 bridgehead atoms. The first-order chi connectivity index (χ1) is 9.26. The number of hydrogen-bond acceptors (Lipinski definition) is 2. The Hall–Kier alpha value is -1.21. The summed E-state index contributed by atoms with van der Waals surface area (Å²) in [5, 5.41) is 6.79. The molecule has 106 valence electrons. The Balaban J connectivity index is 1.93. The molecule has 2 aliphatic carbocycles. The lowest BCUT2D eigenvalue weighted by Crippen LogP contribution is -2.68. The van der Waals surface area contributed by atoms with Gasteiger partial charge in [0.25, 0.3) is 0 Å². The third kappa shape index (κ3) is 2.71. The zero-order chi connectivity index (χ0) is 13.7. The summed E-state index contributed by atoms with van der Waals surface area (Å²) in [4.78, 5) is 4.37. The molecule has 2 rings (SSSR count). The highest BCUT2D eigenvalue weighted by atomic mass is 16.5. The maximum Gasteiger partial charge on any atom is 0.192 e. The van der Waals surface area contributed by atoms with Crippen LogP contribution in [0.1, 0.15) is 39.5 Å². The zero-order valence-corrected chi connectivity index (χ0v) is 12.0. The molecule has 2 aliphatic rings. The van der Waals surface area contributed by atoms with Crippen molar-refractivity contribution in [1.82, 2.24) is 10.6 Å². The van der Waals surface area contributed by atoms with Gasteiger partial charge < -0.3 is 15.4 Å². The number of ether oxygens (including phenoxy) is 1. The topological polar surface area (TPSA) is 45.7 Å². The van der Waals surface area contributed by atoms with Gasteiger partial charge in [-0.25, -0.2) is 4.99 Å². The fourth-order valence-corrected chi connectivity index (χ4v) is 3.25. The summed E-state index contributed by atoms with van der Waals surface area (Å²) in [7, 11) is 0. The molecule has 4 nitrogen and oxygen atoms in total. The van der Waals surface area contributed by atoms with Crippen LogP contribution in [0.25, 0.3) is 0 Å². The summed E-state index contributed by atoms with van der Waals surface area (Å²) in [6.07, 6.45) is 10.6. The smallest absolute Gasteiger partial charge is 0.192 e. The summed E-state index contributed by atoms with van der Waals surface area (Å²) in [6, 6.07) is 0.480. The van der Waals surface area contributed by atoms with Crippen LogP contribution in [0.4, 0.5) is 0 Å². The Morgan fingerprint density at radius 2 is 2.26 bits per heavy atom. The molecule has 4 heteroatoms. The standard InChI is InChI=1S/C15H25N3O/c1-4-10-17-14(16-5-2)18-12-11-13(19-6-3)15(12)8-7-9-15/h1,12-13H,5-11H2,2-3H3,(H2,16,17,18). The molecule has 0 saturated heterocycles. The fraction of sp³-hybridized carbons (Fsp3) is 0.800. The van der Waals surface area contributed by atoms with Crippen LogP contribution in [0.3, 0.4) is 0 Å². The van der Waals surface area contributed by atoms with Crippen LogP contribution in [-0.2, 0) is 4.74 Å². The van der Waals surface area contributed by atoms with Crippen molar-refractivity contribution in [3.05, 3.63) is 0 Å². The molecular formula is C15H25N3O. The van der Waals surface area contributed by atoms with Gasteiger partial charge >= 0.3 is 0 Å². The van der Waals surface area contributed by atoms with Gasteiger partial charge in [0.2, 0.25) is 0 Å². The second-order valence-corrected chi connectivity index (χ2v) is 5.36. The van der Waals surface area contributed by atoms with Gasteiger partial charge in [-0.05, 0) is 33.1 Å².